The van der Waals surface area contributed by atoms with E-state index >= 15 is 0 Å². The third kappa shape index (κ3) is 4.71. The molecule has 0 radical (unpaired) electrons. The molecule has 0 unspecified atom stereocenters. The number of piperazine rings is 1. The van der Waals surface area contributed by atoms with Gasteiger partial charge in [0.1, 0.15) is 0 Å². The number of nitrogens with zero attached hydrogens (tertiary/aromatic N) is 4. The number of anilines is 1. The lowest BCUT2D eigenvalue weighted by atomic mass is 10.1. The van der Waals surface area contributed by atoms with E-state index in [1.807, 2.05) is 23.0 Å². The molecule has 0 atom stereocenters. The summed E-state index contributed by atoms with van der Waals surface area (Å²) in [6.07, 6.45) is 1.99. The monoisotopic (exact) mass is 449 g/mol. The molecule has 1 aromatic heterocycles. The summed E-state index contributed by atoms with van der Waals surface area (Å²) in [5, 5.41) is 8.67. The van der Waals surface area contributed by atoms with Crippen LogP contribution in [0.4, 0.5) is 5.82 Å². The zero-order valence-electron chi connectivity index (χ0n) is 18.2. The average molecular weight is 450 g/mol. The van der Waals surface area contributed by atoms with E-state index < -0.39 is 0 Å². The van der Waals surface area contributed by atoms with Crippen molar-refractivity contribution in [3.05, 3.63) is 71.4 Å². The maximum atomic E-state index is 5.65. The molecule has 3 aromatic rings. The van der Waals surface area contributed by atoms with Gasteiger partial charge in [0.05, 0.1) is 6.54 Å². The van der Waals surface area contributed by atoms with Gasteiger partial charge < -0.3 is 19.7 Å². The number of hydrogen-bond acceptors (Lipinski definition) is 5. The Kier molecular flexibility index (Phi) is 5.96. The van der Waals surface area contributed by atoms with Gasteiger partial charge in [-0.1, -0.05) is 30.3 Å². The zero-order valence-corrected chi connectivity index (χ0v) is 19.0. The van der Waals surface area contributed by atoms with Crippen LogP contribution in [0.5, 0.6) is 11.5 Å². The van der Waals surface area contributed by atoms with Crippen molar-refractivity contribution in [2.24, 2.45) is 0 Å². The molecule has 0 saturated carbocycles. The minimum atomic E-state index is 0.312. The van der Waals surface area contributed by atoms with Crippen LogP contribution in [0.1, 0.15) is 16.7 Å². The van der Waals surface area contributed by atoms with E-state index in [9.17, 15) is 0 Å². The molecule has 7 nitrogen and oxygen atoms in total. The summed E-state index contributed by atoms with van der Waals surface area (Å²) in [5.74, 6) is 2.45. The van der Waals surface area contributed by atoms with E-state index in [-0.39, 0.29) is 0 Å². The Balaban J connectivity index is 1.11. The Bertz CT molecular complexity index is 1110. The normalized spacial score (nSPS) is 15.7. The van der Waals surface area contributed by atoms with Crippen molar-refractivity contribution < 1.29 is 9.47 Å². The molecule has 0 bridgehead atoms. The number of rotatable bonds is 5. The number of aromatic nitrogens is 2. The van der Waals surface area contributed by atoms with Crippen molar-refractivity contribution in [3.63, 3.8) is 0 Å². The number of thiocarbonyl (C=S) groups is 1. The number of nitrogens with one attached hydrogen (secondary N) is 1. The molecule has 0 spiro atoms. The molecular formula is C24H27N5O2S. The highest BCUT2D eigenvalue weighted by atomic mass is 32.1. The Labute approximate surface area is 193 Å². The summed E-state index contributed by atoms with van der Waals surface area (Å²) in [6.45, 7) is 7.77. The van der Waals surface area contributed by atoms with Gasteiger partial charge in [0.25, 0.3) is 0 Å². The Morgan fingerprint density at radius 2 is 1.81 bits per heavy atom. The number of hydrogen-bond donors (Lipinski definition) is 1. The maximum absolute atomic E-state index is 5.65. The van der Waals surface area contributed by atoms with Crippen LogP contribution in [-0.4, -0.2) is 57.7 Å². The van der Waals surface area contributed by atoms with Crippen molar-refractivity contribution in [1.29, 1.82) is 0 Å². The summed E-state index contributed by atoms with van der Waals surface area (Å²) >= 11 is 5.65. The van der Waals surface area contributed by atoms with E-state index in [2.05, 4.69) is 63.5 Å². The predicted molar refractivity (Wildman–Crippen MR) is 128 cm³/mol. The van der Waals surface area contributed by atoms with Gasteiger partial charge in [0.2, 0.25) is 6.79 Å². The molecule has 2 aliphatic rings. The zero-order chi connectivity index (χ0) is 21.9. The number of ether oxygens (including phenoxy) is 2. The van der Waals surface area contributed by atoms with Gasteiger partial charge in [-0.05, 0) is 48.0 Å². The standard InChI is InChI=1S/C24H27N5O2S/c1-18-4-2-3-5-20(18)16-29-9-8-23(26-29)25-24(32)28-12-10-27(11-13-28)15-19-6-7-21-22(14-19)31-17-30-21/h2-9,14H,10-13,15-17H2,1H3,(H,25,26,32). The molecule has 3 heterocycles. The Hall–Kier alpha value is -3.10. The molecule has 0 amide bonds. The van der Waals surface area contributed by atoms with Gasteiger partial charge in [-0.15, -0.1) is 0 Å². The summed E-state index contributed by atoms with van der Waals surface area (Å²) in [5.41, 5.74) is 3.78. The molecule has 1 saturated heterocycles. The van der Waals surface area contributed by atoms with Gasteiger partial charge in [-0.25, -0.2) is 0 Å². The van der Waals surface area contributed by atoms with Crippen LogP contribution in [0.2, 0.25) is 0 Å². The Morgan fingerprint density at radius 3 is 2.66 bits per heavy atom. The first-order valence-corrected chi connectivity index (χ1v) is 11.3. The molecule has 1 N–H and O–H groups in total. The minimum Gasteiger partial charge on any atom is -0.454 e. The van der Waals surface area contributed by atoms with Crippen LogP contribution in [0, 0.1) is 6.92 Å². The first-order chi connectivity index (χ1) is 15.6. The second-order valence-electron chi connectivity index (χ2n) is 8.21. The fourth-order valence-electron chi connectivity index (χ4n) is 4.07. The SMILES string of the molecule is Cc1ccccc1Cn1ccc(NC(=S)N2CCN(Cc3ccc4c(c3)OCO4)CC2)n1. The van der Waals surface area contributed by atoms with Crippen LogP contribution < -0.4 is 14.8 Å². The van der Waals surface area contributed by atoms with Crippen LogP contribution in [-0.2, 0) is 13.1 Å². The highest BCUT2D eigenvalue weighted by molar-refractivity contribution is 7.80. The third-order valence-corrected chi connectivity index (χ3v) is 6.33. The molecule has 5 rings (SSSR count). The number of fused-ring (bicyclic) bond motifs is 1. The summed E-state index contributed by atoms with van der Waals surface area (Å²) in [7, 11) is 0. The van der Waals surface area contributed by atoms with Crippen molar-refractivity contribution in [2.45, 2.75) is 20.0 Å². The molecule has 32 heavy (non-hydrogen) atoms. The molecule has 1 fully saturated rings. The molecule has 8 heteroatoms. The van der Waals surface area contributed by atoms with Crippen LogP contribution in [0.3, 0.4) is 0 Å². The number of benzene rings is 2. The van der Waals surface area contributed by atoms with E-state index in [4.69, 9.17) is 21.7 Å². The van der Waals surface area contributed by atoms with E-state index in [0.717, 1.165) is 61.7 Å². The van der Waals surface area contributed by atoms with Gasteiger partial charge in [-0.3, -0.25) is 9.58 Å². The summed E-state index contributed by atoms with van der Waals surface area (Å²) < 4.78 is 12.8. The lowest BCUT2D eigenvalue weighted by Crippen LogP contribution is -2.49. The fourth-order valence-corrected chi connectivity index (χ4v) is 4.36. The largest absolute Gasteiger partial charge is 0.454 e. The Morgan fingerprint density at radius 1 is 1.00 bits per heavy atom. The summed E-state index contributed by atoms with van der Waals surface area (Å²) in [4.78, 5) is 4.65. The molecule has 2 aliphatic heterocycles. The molecule has 0 aliphatic carbocycles. The first-order valence-electron chi connectivity index (χ1n) is 10.9. The second kappa shape index (κ2) is 9.18. The van der Waals surface area contributed by atoms with Gasteiger partial charge in [0.15, 0.2) is 22.4 Å². The van der Waals surface area contributed by atoms with Crippen LogP contribution in [0.15, 0.2) is 54.7 Å². The van der Waals surface area contributed by atoms with Crippen molar-refractivity contribution in [1.82, 2.24) is 19.6 Å². The van der Waals surface area contributed by atoms with E-state index in [0.29, 0.717) is 6.79 Å². The lowest BCUT2D eigenvalue weighted by molar-refractivity contribution is 0.173. The first kappa shape index (κ1) is 20.8. The fraction of sp³-hybridized carbons (Fsp3) is 0.333. The van der Waals surface area contributed by atoms with Crippen molar-refractivity contribution in [2.75, 3.05) is 38.3 Å². The molecule has 2 aromatic carbocycles. The predicted octanol–water partition coefficient (Wildman–Crippen LogP) is 3.48. The van der Waals surface area contributed by atoms with Gasteiger partial charge in [-0.2, -0.15) is 5.10 Å². The molecular weight excluding hydrogens is 422 g/mol. The number of aryl methyl sites for hydroxylation is 1. The topological polar surface area (TPSA) is 54.8 Å². The van der Waals surface area contributed by atoms with Gasteiger partial charge in [0, 0.05) is 45.0 Å². The lowest BCUT2D eigenvalue weighted by Gasteiger charge is -2.36. The maximum Gasteiger partial charge on any atom is 0.231 e. The van der Waals surface area contributed by atoms with Crippen LogP contribution in [0.25, 0.3) is 0 Å². The highest BCUT2D eigenvalue weighted by Crippen LogP contribution is 2.32. The van der Waals surface area contributed by atoms with Crippen molar-refractivity contribution >= 4 is 23.1 Å². The second-order valence-corrected chi connectivity index (χ2v) is 8.59. The van der Waals surface area contributed by atoms with Crippen molar-refractivity contribution in [3.8, 4) is 11.5 Å². The highest BCUT2D eigenvalue weighted by Gasteiger charge is 2.21. The summed E-state index contributed by atoms with van der Waals surface area (Å²) in [6, 6.07) is 16.5. The van der Waals surface area contributed by atoms with E-state index in [1.165, 1.54) is 16.7 Å². The smallest absolute Gasteiger partial charge is 0.231 e. The quantitative estimate of drug-likeness (QED) is 0.599. The van der Waals surface area contributed by atoms with Crippen LogP contribution >= 0.6 is 12.2 Å². The molecule has 166 valence electrons. The third-order valence-electron chi connectivity index (χ3n) is 5.97. The minimum absolute atomic E-state index is 0.312. The van der Waals surface area contributed by atoms with Gasteiger partial charge >= 0.3 is 0 Å². The van der Waals surface area contributed by atoms with E-state index in [1.54, 1.807) is 0 Å². The average Bonchev–Trinajstić information content (AvgIpc) is 3.45.